The van der Waals surface area contributed by atoms with Crippen molar-refractivity contribution in [2.75, 3.05) is 0 Å². The van der Waals surface area contributed by atoms with E-state index in [1.54, 1.807) is 0 Å². The van der Waals surface area contributed by atoms with Crippen molar-refractivity contribution >= 4 is 17.0 Å². The van der Waals surface area contributed by atoms with Crippen LogP contribution in [0.15, 0.2) is 6.20 Å². The number of hydrogen-bond donors (Lipinski definition) is 1. The summed E-state index contributed by atoms with van der Waals surface area (Å²) in [5.74, 6) is -0.0217. The fourth-order valence-corrected chi connectivity index (χ4v) is 2.20. The van der Waals surface area contributed by atoms with E-state index in [2.05, 4.69) is 9.97 Å². The third-order valence-electron chi connectivity index (χ3n) is 3.01. The summed E-state index contributed by atoms with van der Waals surface area (Å²) in [5, 5.41) is 9.85. The van der Waals surface area contributed by atoms with Crippen LogP contribution < -0.4 is 0 Å². The maximum Gasteiger partial charge on any atom is 0.307 e. The van der Waals surface area contributed by atoms with Gasteiger partial charge in [0.1, 0.15) is 11.5 Å². The number of aromatic nitrogens is 3. The Balaban J connectivity index is 2.71. The van der Waals surface area contributed by atoms with E-state index in [9.17, 15) is 4.79 Å². The molecule has 0 spiro atoms. The van der Waals surface area contributed by atoms with Gasteiger partial charge in [-0.05, 0) is 12.0 Å². The Hall–Kier alpha value is -1.91. The van der Waals surface area contributed by atoms with Gasteiger partial charge in [-0.1, -0.05) is 13.8 Å². The monoisotopic (exact) mass is 247 g/mol. The number of carboxylic acids is 1. The maximum absolute atomic E-state index is 10.9. The first-order valence-electron chi connectivity index (χ1n) is 6.12. The Morgan fingerprint density at radius 2 is 2.06 bits per heavy atom. The smallest absolute Gasteiger partial charge is 0.307 e. The van der Waals surface area contributed by atoms with Gasteiger partial charge in [0.2, 0.25) is 0 Å². The average molecular weight is 247 g/mol. The summed E-state index contributed by atoms with van der Waals surface area (Å²) in [6.07, 6.45) is 3.41. The lowest BCUT2D eigenvalue weighted by Crippen LogP contribution is -2.03. The summed E-state index contributed by atoms with van der Waals surface area (Å²) in [5.41, 5.74) is 2.56. The first kappa shape index (κ1) is 12.5. The molecule has 18 heavy (non-hydrogen) atoms. The van der Waals surface area contributed by atoms with Crippen molar-refractivity contribution in [2.45, 2.75) is 33.1 Å². The fourth-order valence-electron chi connectivity index (χ4n) is 2.20. The third kappa shape index (κ3) is 2.08. The number of aryl methyl sites for hydroxylation is 3. The minimum atomic E-state index is -0.830. The van der Waals surface area contributed by atoms with Crippen LogP contribution >= 0.6 is 0 Å². The van der Waals surface area contributed by atoms with Crippen LogP contribution in [0, 0.1) is 0 Å². The summed E-state index contributed by atoms with van der Waals surface area (Å²) >= 11 is 0. The summed E-state index contributed by atoms with van der Waals surface area (Å²) in [4.78, 5) is 19.9. The molecule has 0 unspecified atom stereocenters. The fraction of sp³-hybridized carbons (Fsp3) is 0.462. The van der Waals surface area contributed by atoms with Gasteiger partial charge in [0.25, 0.3) is 0 Å². The molecule has 0 aromatic carbocycles. The number of carboxylic acid groups (broad SMARTS) is 1. The summed E-state index contributed by atoms with van der Waals surface area (Å²) in [6.45, 7) is 4.04. The molecule has 5 nitrogen and oxygen atoms in total. The van der Waals surface area contributed by atoms with Crippen molar-refractivity contribution in [3.05, 3.63) is 23.3 Å². The molecule has 1 N–H and O–H groups in total. The van der Waals surface area contributed by atoms with Crippen molar-refractivity contribution in [3.8, 4) is 0 Å². The van der Waals surface area contributed by atoms with E-state index < -0.39 is 5.97 Å². The summed E-state index contributed by atoms with van der Waals surface area (Å²) in [7, 11) is 1.89. The molecule has 0 atom stereocenters. The van der Waals surface area contributed by atoms with Crippen molar-refractivity contribution in [3.63, 3.8) is 0 Å². The van der Waals surface area contributed by atoms with E-state index in [1.807, 2.05) is 31.7 Å². The van der Waals surface area contributed by atoms with Gasteiger partial charge >= 0.3 is 5.97 Å². The Morgan fingerprint density at radius 3 is 2.61 bits per heavy atom. The minimum absolute atomic E-state index is 0.0131. The molecule has 2 heterocycles. The minimum Gasteiger partial charge on any atom is -0.481 e. The van der Waals surface area contributed by atoms with Gasteiger partial charge in [-0.3, -0.25) is 4.79 Å². The van der Waals surface area contributed by atoms with Crippen molar-refractivity contribution in [1.29, 1.82) is 0 Å². The number of nitrogens with zero attached hydrogens (tertiary/aromatic N) is 3. The van der Waals surface area contributed by atoms with E-state index in [-0.39, 0.29) is 6.42 Å². The van der Waals surface area contributed by atoms with E-state index in [1.165, 1.54) is 0 Å². The zero-order valence-electron chi connectivity index (χ0n) is 10.9. The molecule has 0 aliphatic rings. The highest BCUT2D eigenvalue weighted by molar-refractivity contribution is 5.87. The second-order valence-electron chi connectivity index (χ2n) is 4.33. The molecule has 0 amide bonds. The summed E-state index contributed by atoms with van der Waals surface area (Å²) in [6, 6.07) is 0. The van der Waals surface area contributed by atoms with Crippen LogP contribution in [0.4, 0.5) is 0 Å². The molecular weight excluding hydrogens is 230 g/mol. The normalized spacial score (nSPS) is 11.1. The predicted molar refractivity (Wildman–Crippen MR) is 68.6 cm³/mol. The maximum atomic E-state index is 10.9. The molecule has 0 bridgehead atoms. The Labute approximate surface area is 105 Å². The van der Waals surface area contributed by atoms with Crippen molar-refractivity contribution < 1.29 is 9.90 Å². The Kier molecular flexibility index (Phi) is 3.32. The van der Waals surface area contributed by atoms with Gasteiger partial charge < -0.3 is 9.67 Å². The van der Waals surface area contributed by atoms with Gasteiger partial charge in [0.05, 0.1) is 12.1 Å². The molecule has 2 rings (SSSR count). The molecule has 2 aromatic heterocycles. The van der Waals surface area contributed by atoms with Gasteiger partial charge in [-0.15, -0.1) is 0 Å². The van der Waals surface area contributed by atoms with Crippen LogP contribution in [-0.4, -0.2) is 25.6 Å². The lowest BCUT2D eigenvalue weighted by atomic mass is 10.1. The quantitative estimate of drug-likeness (QED) is 0.893. The molecule has 5 heteroatoms. The zero-order chi connectivity index (χ0) is 13.3. The van der Waals surface area contributed by atoms with Crippen LogP contribution in [0.2, 0.25) is 0 Å². The number of aliphatic carboxylic acids is 1. The number of carbonyl (C=O) groups is 1. The third-order valence-corrected chi connectivity index (χ3v) is 3.01. The predicted octanol–water partition coefficient (Wildman–Crippen LogP) is 1.72. The van der Waals surface area contributed by atoms with Crippen LogP contribution in [0.3, 0.4) is 0 Å². The van der Waals surface area contributed by atoms with E-state index in [0.29, 0.717) is 0 Å². The molecule has 96 valence electrons. The van der Waals surface area contributed by atoms with Crippen molar-refractivity contribution in [2.24, 2.45) is 7.05 Å². The molecule has 0 fully saturated rings. The average Bonchev–Trinajstić information content (AvgIpc) is 2.64. The molecule has 0 saturated heterocycles. The number of fused-ring (bicyclic) bond motifs is 1. The van der Waals surface area contributed by atoms with E-state index in [4.69, 9.17) is 5.11 Å². The van der Waals surface area contributed by atoms with Crippen LogP contribution in [0.1, 0.15) is 30.9 Å². The molecule has 0 radical (unpaired) electrons. The lowest BCUT2D eigenvalue weighted by Gasteiger charge is -2.05. The first-order chi connectivity index (χ1) is 8.56. The first-order valence-corrected chi connectivity index (χ1v) is 6.12. The Morgan fingerprint density at radius 1 is 1.33 bits per heavy atom. The summed E-state index contributed by atoms with van der Waals surface area (Å²) < 4.78 is 1.88. The molecule has 0 saturated carbocycles. The molecule has 0 aliphatic carbocycles. The second-order valence-corrected chi connectivity index (χ2v) is 4.33. The largest absolute Gasteiger partial charge is 0.481 e. The van der Waals surface area contributed by atoms with Gasteiger partial charge in [-0.25, -0.2) is 9.97 Å². The highest BCUT2D eigenvalue weighted by atomic mass is 16.4. The van der Waals surface area contributed by atoms with E-state index >= 15 is 0 Å². The van der Waals surface area contributed by atoms with Crippen LogP contribution in [0.25, 0.3) is 11.0 Å². The number of hydrogen-bond acceptors (Lipinski definition) is 3. The molecule has 2 aromatic rings. The SMILES string of the molecule is CCc1nc(CC)c2c(CC(=O)O)cn(C)c2n1. The van der Waals surface area contributed by atoms with Crippen molar-refractivity contribution in [1.82, 2.24) is 14.5 Å². The number of rotatable bonds is 4. The Bertz CT molecular complexity index is 602. The second kappa shape index (κ2) is 4.76. The van der Waals surface area contributed by atoms with Crippen LogP contribution in [0.5, 0.6) is 0 Å². The topological polar surface area (TPSA) is 68.0 Å². The van der Waals surface area contributed by atoms with Gasteiger partial charge in [0, 0.05) is 25.1 Å². The van der Waals surface area contributed by atoms with E-state index in [0.717, 1.165) is 41.0 Å². The zero-order valence-corrected chi connectivity index (χ0v) is 10.9. The highest BCUT2D eigenvalue weighted by Gasteiger charge is 2.16. The molecule has 0 aliphatic heterocycles. The lowest BCUT2D eigenvalue weighted by molar-refractivity contribution is -0.136. The van der Waals surface area contributed by atoms with Crippen LogP contribution in [-0.2, 0) is 31.1 Å². The molecular formula is C13H17N3O2. The van der Waals surface area contributed by atoms with Gasteiger partial charge in [-0.2, -0.15) is 0 Å². The highest BCUT2D eigenvalue weighted by Crippen LogP contribution is 2.23. The van der Waals surface area contributed by atoms with Gasteiger partial charge in [0.15, 0.2) is 0 Å². The standard InChI is InChI=1S/C13H17N3O2/c1-4-9-12-8(6-11(17)18)7-16(3)13(12)15-10(5-2)14-9/h7H,4-6H2,1-3H3,(H,17,18).